The summed E-state index contributed by atoms with van der Waals surface area (Å²) in [6, 6.07) is 28.1. The molecule has 37 heavy (non-hydrogen) atoms. The van der Waals surface area contributed by atoms with Crippen molar-refractivity contribution >= 4 is 54.1 Å². The molecule has 0 aromatic heterocycles. The summed E-state index contributed by atoms with van der Waals surface area (Å²) in [5.74, 6) is -0.680. The molecule has 1 amide bonds. The first-order chi connectivity index (χ1) is 17.7. The number of hydrogen-bond acceptors (Lipinski definition) is 6. The maximum absolute atomic E-state index is 13.2. The zero-order valence-corrected chi connectivity index (χ0v) is 23.1. The molecule has 0 spiro atoms. The SMILES string of the molecule is O=C(N/N=C\c1cc(Br)c(OS(=O)(=O)c2ccccc2)c(Br)c1)C(O)(c1ccccc1)c1ccccc1. The number of carbonyl (C=O) groups is 1. The van der Waals surface area contributed by atoms with E-state index in [4.69, 9.17) is 4.18 Å². The molecule has 188 valence electrons. The Bertz CT molecular complexity index is 1470. The van der Waals surface area contributed by atoms with E-state index in [1.807, 2.05) is 0 Å². The summed E-state index contributed by atoms with van der Waals surface area (Å²) in [5, 5.41) is 15.5. The van der Waals surface area contributed by atoms with Crippen LogP contribution in [-0.4, -0.2) is 25.6 Å². The van der Waals surface area contributed by atoms with Crippen LogP contribution in [0.15, 0.2) is 122 Å². The highest BCUT2D eigenvalue weighted by Crippen LogP contribution is 2.36. The van der Waals surface area contributed by atoms with E-state index in [-0.39, 0.29) is 10.6 Å². The van der Waals surface area contributed by atoms with Crippen molar-refractivity contribution in [3.63, 3.8) is 0 Å². The molecule has 0 aliphatic carbocycles. The Kier molecular flexibility index (Phi) is 8.23. The van der Waals surface area contributed by atoms with Crippen molar-refractivity contribution in [1.82, 2.24) is 5.43 Å². The van der Waals surface area contributed by atoms with Gasteiger partial charge in [0.15, 0.2) is 11.4 Å². The molecule has 4 rings (SSSR count). The molecule has 2 N–H and O–H groups in total. The Morgan fingerprint density at radius 1 is 0.838 bits per heavy atom. The molecule has 4 aromatic carbocycles. The van der Waals surface area contributed by atoms with Crippen LogP contribution < -0.4 is 9.61 Å². The lowest BCUT2D eigenvalue weighted by atomic mass is 9.85. The smallest absolute Gasteiger partial charge is 0.339 e. The normalized spacial score (nSPS) is 11.9. The Hall–Kier alpha value is -3.31. The lowest BCUT2D eigenvalue weighted by Crippen LogP contribution is -2.43. The van der Waals surface area contributed by atoms with Crippen LogP contribution in [0.4, 0.5) is 0 Å². The molecule has 0 saturated heterocycles. The third-order valence-corrected chi connectivity index (χ3v) is 7.75. The highest BCUT2D eigenvalue weighted by Gasteiger charge is 2.39. The molecular weight excluding hydrogens is 624 g/mol. The van der Waals surface area contributed by atoms with E-state index in [2.05, 4.69) is 42.4 Å². The van der Waals surface area contributed by atoms with E-state index in [0.717, 1.165) is 0 Å². The van der Waals surface area contributed by atoms with Gasteiger partial charge in [-0.15, -0.1) is 0 Å². The van der Waals surface area contributed by atoms with Gasteiger partial charge in [0.05, 0.1) is 15.2 Å². The maximum atomic E-state index is 13.2. The van der Waals surface area contributed by atoms with Gasteiger partial charge in [-0.3, -0.25) is 4.79 Å². The van der Waals surface area contributed by atoms with Crippen LogP contribution in [0, 0.1) is 0 Å². The van der Waals surface area contributed by atoms with Gasteiger partial charge in [-0.05, 0) is 72.8 Å². The second kappa shape index (κ2) is 11.4. The average Bonchev–Trinajstić information content (AvgIpc) is 2.91. The number of halogens is 2. The minimum Gasteiger partial charge on any atom is -0.377 e. The number of rotatable bonds is 8. The Balaban J connectivity index is 1.55. The van der Waals surface area contributed by atoms with Crippen molar-refractivity contribution in [3.05, 3.63) is 129 Å². The van der Waals surface area contributed by atoms with E-state index < -0.39 is 21.6 Å². The molecule has 0 heterocycles. The molecular formula is C27H20Br2N2O5S. The Morgan fingerprint density at radius 3 is 1.78 bits per heavy atom. The molecule has 10 heteroatoms. The standard InChI is InChI=1S/C27H20Br2N2O5S/c28-23-16-19(17-24(29)25(23)36-37(34,35)22-14-8-3-9-15-22)18-30-31-26(32)27(33,20-10-4-1-5-11-20)21-12-6-2-7-13-21/h1-18,33H,(H,31,32)/b30-18-. The highest BCUT2D eigenvalue weighted by molar-refractivity contribution is 9.11. The monoisotopic (exact) mass is 642 g/mol. The summed E-state index contributed by atoms with van der Waals surface area (Å²) in [6.45, 7) is 0. The molecule has 0 unspecified atom stereocenters. The van der Waals surface area contributed by atoms with Crippen LogP contribution >= 0.6 is 31.9 Å². The fourth-order valence-corrected chi connectivity index (χ4v) is 6.10. The number of nitrogens with zero attached hydrogens (tertiary/aromatic N) is 1. The third-order valence-electron chi connectivity index (χ3n) is 5.34. The summed E-state index contributed by atoms with van der Waals surface area (Å²) in [5.41, 5.74) is 1.74. The van der Waals surface area contributed by atoms with Gasteiger partial charge in [0.25, 0.3) is 5.91 Å². The lowest BCUT2D eigenvalue weighted by Gasteiger charge is -2.27. The van der Waals surface area contributed by atoms with Crippen molar-refractivity contribution < 1.29 is 22.5 Å². The number of benzene rings is 4. The fraction of sp³-hybridized carbons (Fsp3) is 0.0370. The number of aliphatic hydroxyl groups is 1. The van der Waals surface area contributed by atoms with Gasteiger partial charge in [0.1, 0.15) is 4.90 Å². The topological polar surface area (TPSA) is 105 Å². The fourth-order valence-electron chi connectivity index (χ4n) is 3.51. The largest absolute Gasteiger partial charge is 0.377 e. The van der Waals surface area contributed by atoms with Crippen molar-refractivity contribution in [2.24, 2.45) is 5.10 Å². The maximum Gasteiger partial charge on any atom is 0.339 e. The van der Waals surface area contributed by atoms with Gasteiger partial charge in [-0.1, -0.05) is 78.9 Å². The summed E-state index contributed by atoms with van der Waals surface area (Å²) in [4.78, 5) is 13.2. The minimum absolute atomic E-state index is 0.0199. The van der Waals surface area contributed by atoms with Crippen molar-refractivity contribution in [1.29, 1.82) is 0 Å². The third kappa shape index (κ3) is 5.99. The predicted molar refractivity (Wildman–Crippen MR) is 148 cm³/mol. The van der Waals surface area contributed by atoms with Crippen LogP contribution in [0.3, 0.4) is 0 Å². The molecule has 0 radical (unpaired) electrons. The first-order valence-corrected chi connectivity index (χ1v) is 13.9. The summed E-state index contributed by atoms with van der Waals surface area (Å²) in [6.07, 6.45) is 1.36. The second-order valence-electron chi connectivity index (χ2n) is 7.81. The summed E-state index contributed by atoms with van der Waals surface area (Å²) in [7, 11) is -4.05. The minimum atomic E-state index is -4.05. The molecule has 7 nitrogen and oxygen atoms in total. The van der Waals surface area contributed by atoms with Crippen LogP contribution in [0.25, 0.3) is 0 Å². The van der Waals surface area contributed by atoms with E-state index in [1.54, 1.807) is 91.0 Å². The summed E-state index contributed by atoms with van der Waals surface area (Å²) >= 11 is 6.66. The molecule has 0 bridgehead atoms. The predicted octanol–water partition coefficient (Wildman–Crippen LogP) is 5.37. The number of hydrogen-bond donors (Lipinski definition) is 2. The number of nitrogens with one attached hydrogen (secondary N) is 1. The van der Waals surface area contributed by atoms with E-state index >= 15 is 0 Å². The quantitative estimate of drug-likeness (QED) is 0.153. The molecule has 0 aliphatic heterocycles. The van der Waals surface area contributed by atoms with Gasteiger partial charge in [0.2, 0.25) is 0 Å². The van der Waals surface area contributed by atoms with Crippen LogP contribution in [0.5, 0.6) is 5.75 Å². The van der Waals surface area contributed by atoms with Crippen LogP contribution in [0.2, 0.25) is 0 Å². The van der Waals surface area contributed by atoms with E-state index in [9.17, 15) is 18.3 Å². The zero-order chi connectivity index (χ0) is 26.5. The van der Waals surface area contributed by atoms with Gasteiger partial charge in [-0.2, -0.15) is 13.5 Å². The Labute approximate surface area is 231 Å². The first-order valence-electron chi connectivity index (χ1n) is 10.9. The number of carbonyl (C=O) groups excluding carboxylic acids is 1. The van der Waals surface area contributed by atoms with E-state index in [1.165, 1.54) is 18.3 Å². The van der Waals surface area contributed by atoms with Crippen LogP contribution in [-0.2, 0) is 20.5 Å². The number of amides is 1. The molecule has 0 saturated carbocycles. The van der Waals surface area contributed by atoms with Crippen molar-refractivity contribution in [2.75, 3.05) is 0 Å². The zero-order valence-electron chi connectivity index (χ0n) is 19.1. The molecule has 0 aliphatic rings. The van der Waals surface area contributed by atoms with Crippen molar-refractivity contribution in [2.45, 2.75) is 10.5 Å². The van der Waals surface area contributed by atoms with Crippen LogP contribution in [0.1, 0.15) is 16.7 Å². The van der Waals surface area contributed by atoms with Gasteiger partial charge < -0.3 is 9.29 Å². The van der Waals surface area contributed by atoms with Crippen molar-refractivity contribution in [3.8, 4) is 5.75 Å². The number of hydrazone groups is 1. The molecule has 4 aromatic rings. The van der Waals surface area contributed by atoms with Gasteiger partial charge in [0, 0.05) is 0 Å². The Morgan fingerprint density at radius 2 is 1.30 bits per heavy atom. The van der Waals surface area contributed by atoms with Gasteiger partial charge in [-0.25, -0.2) is 5.43 Å². The summed E-state index contributed by atoms with van der Waals surface area (Å²) < 4.78 is 31.2. The lowest BCUT2D eigenvalue weighted by molar-refractivity contribution is -0.136. The molecule has 0 atom stereocenters. The second-order valence-corrected chi connectivity index (χ2v) is 11.1. The first kappa shape index (κ1) is 26.7. The van der Waals surface area contributed by atoms with Gasteiger partial charge >= 0.3 is 10.1 Å². The van der Waals surface area contributed by atoms with E-state index in [0.29, 0.717) is 25.6 Å². The highest BCUT2D eigenvalue weighted by atomic mass is 79.9. The molecule has 0 fully saturated rings. The average molecular weight is 644 g/mol.